The molecule has 0 aromatic heterocycles. The average molecular weight is 341 g/mol. The molecule has 0 atom stereocenters. The SMILES string of the molecule is Fc1cc(Cl)c(NC2Cc3ccccc3C2)c(Br)c1. The largest absolute Gasteiger partial charge is 0.380 e. The highest BCUT2D eigenvalue weighted by Gasteiger charge is 2.22. The van der Waals surface area contributed by atoms with Gasteiger partial charge in [0.25, 0.3) is 0 Å². The number of hydrogen-bond donors (Lipinski definition) is 1. The Hall–Kier alpha value is -1.06. The van der Waals surface area contributed by atoms with Crippen molar-refractivity contribution in [3.8, 4) is 0 Å². The Bertz CT molecular complexity index is 581. The van der Waals surface area contributed by atoms with Crippen molar-refractivity contribution >= 4 is 33.2 Å². The summed E-state index contributed by atoms with van der Waals surface area (Å²) in [6, 6.07) is 11.5. The predicted molar refractivity (Wildman–Crippen MR) is 80.4 cm³/mol. The van der Waals surface area contributed by atoms with Crippen LogP contribution in [0.1, 0.15) is 11.1 Å². The summed E-state index contributed by atoms with van der Waals surface area (Å²) in [6.45, 7) is 0. The van der Waals surface area contributed by atoms with Crippen molar-refractivity contribution < 1.29 is 4.39 Å². The van der Waals surface area contributed by atoms with Crippen molar-refractivity contribution in [1.82, 2.24) is 0 Å². The highest BCUT2D eigenvalue weighted by Crippen LogP contribution is 2.34. The Labute approximate surface area is 124 Å². The Balaban J connectivity index is 1.82. The first-order valence-electron chi connectivity index (χ1n) is 6.11. The first kappa shape index (κ1) is 12.9. The van der Waals surface area contributed by atoms with E-state index in [0.717, 1.165) is 18.5 Å². The lowest BCUT2D eigenvalue weighted by molar-refractivity contribution is 0.627. The molecule has 98 valence electrons. The summed E-state index contributed by atoms with van der Waals surface area (Å²) in [5, 5.41) is 3.81. The van der Waals surface area contributed by atoms with Crippen molar-refractivity contribution in [3.05, 3.63) is 62.8 Å². The van der Waals surface area contributed by atoms with Gasteiger partial charge in [0, 0.05) is 10.5 Å². The molecule has 3 rings (SSSR count). The van der Waals surface area contributed by atoms with Crippen molar-refractivity contribution in [2.24, 2.45) is 0 Å². The third-order valence-corrected chi connectivity index (χ3v) is 4.33. The van der Waals surface area contributed by atoms with Gasteiger partial charge in [0.1, 0.15) is 5.82 Å². The second-order valence-electron chi connectivity index (χ2n) is 4.76. The minimum atomic E-state index is -0.336. The highest BCUT2D eigenvalue weighted by molar-refractivity contribution is 9.10. The molecule has 2 aromatic carbocycles. The average Bonchev–Trinajstić information content (AvgIpc) is 2.76. The molecular weight excluding hydrogens is 329 g/mol. The molecular formula is C15H12BrClFN. The summed E-state index contributed by atoms with van der Waals surface area (Å²) in [7, 11) is 0. The number of nitrogens with one attached hydrogen (secondary N) is 1. The molecule has 0 bridgehead atoms. The summed E-state index contributed by atoms with van der Waals surface area (Å²) in [5.41, 5.74) is 3.50. The Morgan fingerprint density at radius 1 is 1.16 bits per heavy atom. The van der Waals surface area contributed by atoms with Crippen LogP contribution in [0.25, 0.3) is 0 Å². The molecule has 0 saturated carbocycles. The van der Waals surface area contributed by atoms with Crippen LogP contribution in [0.5, 0.6) is 0 Å². The lowest BCUT2D eigenvalue weighted by Gasteiger charge is -2.16. The second-order valence-corrected chi connectivity index (χ2v) is 6.02. The molecule has 0 saturated heterocycles. The maximum atomic E-state index is 13.2. The smallest absolute Gasteiger partial charge is 0.125 e. The van der Waals surface area contributed by atoms with E-state index in [4.69, 9.17) is 11.6 Å². The van der Waals surface area contributed by atoms with Crippen molar-refractivity contribution in [1.29, 1.82) is 0 Å². The first-order valence-corrected chi connectivity index (χ1v) is 7.28. The van der Waals surface area contributed by atoms with Gasteiger partial charge in [-0.15, -0.1) is 0 Å². The number of anilines is 1. The van der Waals surface area contributed by atoms with Crippen molar-refractivity contribution in [2.75, 3.05) is 5.32 Å². The van der Waals surface area contributed by atoms with Crippen LogP contribution in [0.3, 0.4) is 0 Å². The van der Waals surface area contributed by atoms with Gasteiger partial charge in [0.15, 0.2) is 0 Å². The van der Waals surface area contributed by atoms with Crippen LogP contribution in [0.4, 0.5) is 10.1 Å². The first-order chi connectivity index (χ1) is 9.13. The van der Waals surface area contributed by atoms with E-state index in [1.54, 1.807) is 0 Å². The number of rotatable bonds is 2. The number of fused-ring (bicyclic) bond motifs is 1. The third kappa shape index (κ3) is 2.63. The standard InChI is InChI=1S/C15H12BrClFN/c16-13-7-11(18)8-14(17)15(13)19-12-5-9-3-1-2-4-10(9)6-12/h1-4,7-8,12,19H,5-6H2. The quantitative estimate of drug-likeness (QED) is 0.826. The van der Waals surface area contributed by atoms with Crippen molar-refractivity contribution in [3.63, 3.8) is 0 Å². The molecule has 1 nitrogen and oxygen atoms in total. The van der Waals surface area contributed by atoms with E-state index in [1.165, 1.54) is 23.3 Å². The van der Waals surface area contributed by atoms with Crippen LogP contribution in [0, 0.1) is 5.82 Å². The zero-order chi connectivity index (χ0) is 13.4. The minimum Gasteiger partial charge on any atom is -0.380 e. The van der Waals surface area contributed by atoms with Gasteiger partial charge in [-0.05, 0) is 52.0 Å². The van der Waals surface area contributed by atoms with E-state index in [0.29, 0.717) is 15.5 Å². The lowest BCUT2D eigenvalue weighted by atomic mass is 10.1. The summed E-state index contributed by atoms with van der Waals surface area (Å²) in [6.07, 6.45) is 1.94. The fourth-order valence-electron chi connectivity index (χ4n) is 2.55. The molecule has 0 amide bonds. The minimum absolute atomic E-state index is 0.302. The van der Waals surface area contributed by atoms with Gasteiger partial charge in [-0.1, -0.05) is 35.9 Å². The van der Waals surface area contributed by atoms with E-state index in [1.807, 2.05) is 0 Å². The van der Waals surface area contributed by atoms with Gasteiger partial charge in [0.2, 0.25) is 0 Å². The van der Waals surface area contributed by atoms with Crippen LogP contribution < -0.4 is 5.32 Å². The summed E-state index contributed by atoms with van der Waals surface area (Å²) in [5.74, 6) is -0.336. The number of hydrogen-bond acceptors (Lipinski definition) is 1. The number of benzene rings is 2. The molecule has 0 radical (unpaired) electrons. The van der Waals surface area contributed by atoms with Crippen molar-refractivity contribution in [2.45, 2.75) is 18.9 Å². The van der Waals surface area contributed by atoms with Crippen LogP contribution >= 0.6 is 27.5 Å². The van der Waals surface area contributed by atoms with Crippen LogP contribution in [-0.2, 0) is 12.8 Å². The summed E-state index contributed by atoms with van der Waals surface area (Å²) >= 11 is 9.45. The molecule has 1 aliphatic carbocycles. The zero-order valence-electron chi connectivity index (χ0n) is 10.1. The van der Waals surface area contributed by atoms with E-state index < -0.39 is 0 Å². The lowest BCUT2D eigenvalue weighted by Crippen LogP contribution is -2.20. The predicted octanol–water partition coefficient (Wildman–Crippen LogP) is 4.82. The second kappa shape index (κ2) is 5.14. The molecule has 0 aliphatic heterocycles. The highest BCUT2D eigenvalue weighted by atomic mass is 79.9. The number of halogens is 3. The third-order valence-electron chi connectivity index (χ3n) is 3.41. The maximum absolute atomic E-state index is 13.2. The van der Waals surface area contributed by atoms with E-state index >= 15 is 0 Å². The van der Waals surface area contributed by atoms with E-state index in [-0.39, 0.29) is 5.82 Å². The molecule has 19 heavy (non-hydrogen) atoms. The fourth-order valence-corrected chi connectivity index (χ4v) is 3.47. The molecule has 2 aromatic rings. The van der Waals surface area contributed by atoms with Gasteiger partial charge in [0.05, 0.1) is 10.7 Å². The van der Waals surface area contributed by atoms with Crippen LogP contribution in [0.2, 0.25) is 5.02 Å². The van der Waals surface area contributed by atoms with Crippen LogP contribution in [0.15, 0.2) is 40.9 Å². The molecule has 0 unspecified atom stereocenters. The van der Waals surface area contributed by atoms with Gasteiger partial charge in [-0.25, -0.2) is 4.39 Å². The Morgan fingerprint density at radius 2 is 1.79 bits per heavy atom. The molecule has 0 heterocycles. The molecule has 1 aliphatic rings. The van der Waals surface area contributed by atoms with E-state index in [2.05, 4.69) is 45.5 Å². The molecule has 0 spiro atoms. The maximum Gasteiger partial charge on any atom is 0.125 e. The molecule has 0 fully saturated rings. The van der Waals surface area contributed by atoms with Gasteiger partial charge >= 0.3 is 0 Å². The topological polar surface area (TPSA) is 12.0 Å². The Morgan fingerprint density at radius 3 is 2.37 bits per heavy atom. The van der Waals surface area contributed by atoms with Gasteiger partial charge < -0.3 is 5.32 Å². The normalized spacial score (nSPS) is 14.5. The summed E-state index contributed by atoms with van der Waals surface area (Å²) in [4.78, 5) is 0. The van der Waals surface area contributed by atoms with Gasteiger partial charge in [-0.3, -0.25) is 0 Å². The van der Waals surface area contributed by atoms with Crippen LogP contribution in [-0.4, -0.2) is 6.04 Å². The van der Waals surface area contributed by atoms with E-state index in [9.17, 15) is 4.39 Å². The fraction of sp³-hybridized carbons (Fsp3) is 0.200. The summed E-state index contributed by atoms with van der Waals surface area (Å²) < 4.78 is 13.9. The monoisotopic (exact) mass is 339 g/mol. The molecule has 1 N–H and O–H groups in total. The zero-order valence-corrected chi connectivity index (χ0v) is 12.4. The Kier molecular flexibility index (Phi) is 3.50. The molecule has 4 heteroatoms. The van der Waals surface area contributed by atoms with Gasteiger partial charge in [-0.2, -0.15) is 0 Å².